The summed E-state index contributed by atoms with van der Waals surface area (Å²) in [5.41, 5.74) is 2.07. The summed E-state index contributed by atoms with van der Waals surface area (Å²) in [6, 6.07) is 12.1. The predicted octanol–water partition coefficient (Wildman–Crippen LogP) is 3.86. The molecule has 4 rings (SSSR count). The highest BCUT2D eigenvalue weighted by molar-refractivity contribution is 7.18. The van der Waals surface area contributed by atoms with Crippen LogP contribution in [0.2, 0.25) is 0 Å². The first-order valence-corrected chi connectivity index (χ1v) is 11.5. The largest absolute Gasteiger partial charge is 0.448 e. The summed E-state index contributed by atoms with van der Waals surface area (Å²) in [5.74, 6) is -0.672. The van der Waals surface area contributed by atoms with Gasteiger partial charge in [-0.3, -0.25) is 4.79 Å². The number of morpholine rings is 1. The van der Waals surface area contributed by atoms with E-state index in [1.54, 1.807) is 6.92 Å². The van der Waals surface area contributed by atoms with Gasteiger partial charge in [-0.15, -0.1) is 11.3 Å². The number of thiophene rings is 1. The molecule has 0 radical (unpaired) electrons. The van der Waals surface area contributed by atoms with Crippen LogP contribution < -0.4 is 10.2 Å². The topological polar surface area (TPSA) is 67.9 Å². The molecule has 0 spiro atoms. The number of anilines is 1. The summed E-state index contributed by atoms with van der Waals surface area (Å²) in [7, 11) is 0. The lowest BCUT2D eigenvalue weighted by Gasteiger charge is -2.28. The van der Waals surface area contributed by atoms with Crippen LogP contribution in [0.15, 0.2) is 36.4 Å². The monoisotopic (exact) mass is 428 g/mol. The van der Waals surface area contributed by atoms with Gasteiger partial charge >= 0.3 is 5.97 Å². The zero-order chi connectivity index (χ0) is 20.9. The molecule has 1 aromatic heterocycles. The number of hydrogen-bond acceptors (Lipinski definition) is 6. The van der Waals surface area contributed by atoms with E-state index in [2.05, 4.69) is 10.2 Å². The Balaban J connectivity index is 1.50. The molecule has 1 atom stereocenters. The van der Waals surface area contributed by atoms with Crippen LogP contribution in [0.3, 0.4) is 0 Å². The van der Waals surface area contributed by atoms with Gasteiger partial charge in [0.25, 0.3) is 5.91 Å². The molecule has 1 aliphatic heterocycles. The molecule has 2 heterocycles. The van der Waals surface area contributed by atoms with E-state index in [1.807, 2.05) is 36.4 Å². The van der Waals surface area contributed by atoms with Crippen molar-refractivity contribution in [3.05, 3.63) is 41.3 Å². The first-order chi connectivity index (χ1) is 14.6. The normalized spacial score (nSPS) is 18.2. The number of carbonyl (C=O) groups is 2. The number of nitrogens with zero attached hydrogens (tertiary/aromatic N) is 1. The number of nitrogens with one attached hydrogen (secondary N) is 1. The minimum atomic E-state index is -0.813. The number of amides is 1. The first kappa shape index (κ1) is 20.9. The summed E-state index contributed by atoms with van der Waals surface area (Å²) in [6.07, 6.45) is 3.47. The molecule has 1 aliphatic carbocycles. The van der Waals surface area contributed by atoms with Crippen LogP contribution in [0.25, 0.3) is 11.1 Å². The smallest absolute Gasteiger partial charge is 0.349 e. The van der Waals surface area contributed by atoms with E-state index in [4.69, 9.17) is 9.47 Å². The van der Waals surface area contributed by atoms with Crippen molar-refractivity contribution in [1.82, 2.24) is 5.32 Å². The van der Waals surface area contributed by atoms with Crippen LogP contribution in [-0.2, 0) is 14.3 Å². The molecular formula is C23H28N2O4S. The molecule has 0 bridgehead atoms. The van der Waals surface area contributed by atoms with Crippen LogP contribution in [0.4, 0.5) is 5.00 Å². The van der Waals surface area contributed by atoms with Crippen LogP contribution >= 0.6 is 11.3 Å². The fourth-order valence-electron chi connectivity index (χ4n) is 3.97. The van der Waals surface area contributed by atoms with Gasteiger partial charge in [-0.05, 0) is 31.4 Å². The number of rotatable bonds is 6. The van der Waals surface area contributed by atoms with Crippen molar-refractivity contribution in [1.29, 1.82) is 0 Å². The number of hydrogen-bond donors (Lipinski definition) is 1. The lowest BCUT2D eigenvalue weighted by atomic mass is 10.1. The highest BCUT2D eigenvalue weighted by Crippen LogP contribution is 2.39. The summed E-state index contributed by atoms with van der Waals surface area (Å²) in [6.45, 7) is 4.55. The molecule has 2 fully saturated rings. The lowest BCUT2D eigenvalue weighted by molar-refractivity contribution is -0.129. The second kappa shape index (κ2) is 9.62. The Morgan fingerprint density at radius 1 is 1.17 bits per heavy atom. The van der Waals surface area contributed by atoms with Gasteiger partial charge in [-0.2, -0.15) is 0 Å². The lowest BCUT2D eigenvalue weighted by Crippen LogP contribution is -2.40. The van der Waals surface area contributed by atoms with Gasteiger partial charge in [0.15, 0.2) is 6.10 Å². The summed E-state index contributed by atoms with van der Waals surface area (Å²) in [5, 5.41) is 4.04. The Kier molecular flexibility index (Phi) is 6.69. The molecule has 1 amide bonds. The Morgan fingerprint density at radius 3 is 2.57 bits per heavy atom. The SMILES string of the molecule is C[C@H](OC(=O)c1cc(-c2ccccc2)c(N2CCOCC2)s1)C(=O)NC1CCCC1. The van der Waals surface area contributed by atoms with Crippen LogP contribution in [0.5, 0.6) is 0 Å². The van der Waals surface area contributed by atoms with Gasteiger partial charge in [0, 0.05) is 24.7 Å². The van der Waals surface area contributed by atoms with E-state index < -0.39 is 12.1 Å². The van der Waals surface area contributed by atoms with E-state index in [0.29, 0.717) is 18.1 Å². The summed E-state index contributed by atoms with van der Waals surface area (Å²) < 4.78 is 11.0. The highest BCUT2D eigenvalue weighted by atomic mass is 32.1. The zero-order valence-electron chi connectivity index (χ0n) is 17.3. The van der Waals surface area contributed by atoms with Gasteiger partial charge in [-0.1, -0.05) is 43.2 Å². The van der Waals surface area contributed by atoms with E-state index >= 15 is 0 Å². The Hall–Kier alpha value is -2.38. The molecular weight excluding hydrogens is 400 g/mol. The summed E-state index contributed by atoms with van der Waals surface area (Å²) in [4.78, 5) is 28.0. The van der Waals surface area contributed by atoms with Crippen molar-refractivity contribution in [2.24, 2.45) is 0 Å². The molecule has 2 aliphatic rings. The Bertz CT molecular complexity index is 871. The van der Waals surface area contributed by atoms with E-state index in [0.717, 1.165) is 54.9 Å². The standard InChI is InChI=1S/C23H28N2O4S/c1-16(21(26)24-18-9-5-6-10-18)29-23(27)20-15-19(17-7-3-2-4-8-17)22(30-20)25-11-13-28-14-12-25/h2-4,7-8,15-16,18H,5-6,9-14H2,1H3,(H,24,26)/t16-/m0/s1. The van der Waals surface area contributed by atoms with Crippen molar-refractivity contribution in [3.8, 4) is 11.1 Å². The first-order valence-electron chi connectivity index (χ1n) is 10.6. The minimum Gasteiger partial charge on any atom is -0.448 e. The fourth-order valence-corrected chi connectivity index (χ4v) is 5.08. The molecule has 0 unspecified atom stereocenters. The van der Waals surface area contributed by atoms with Crippen molar-refractivity contribution in [2.45, 2.75) is 44.8 Å². The third-order valence-corrected chi connectivity index (χ3v) is 6.83. The van der Waals surface area contributed by atoms with Gasteiger partial charge in [0.2, 0.25) is 0 Å². The second-order valence-corrected chi connectivity index (χ2v) is 8.86. The van der Waals surface area contributed by atoms with E-state index in [1.165, 1.54) is 11.3 Å². The van der Waals surface area contributed by atoms with Crippen LogP contribution in [0.1, 0.15) is 42.3 Å². The van der Waals surface area contributed by atoms with Gasteiger partial charge in [0.1, 0.15) is 4.88 Å². The predicted molar refractivity (Wildman–Crippen MR) is 118 cm³/mol. The molecule has 30 heavy (non-hydrogen) atoms. The van der Waals surface area contributed by atoms with Crippen molar-refractivity contribution in [2.75, 3.05) is 31.2 Å². The second-order valence-electron chi connectivity index (χ2n) is 7.83. The zero-order valence-corrected chi connectivity index (χ0v) is 18.1. The molecule has 6 nitrogen and oxygen atoms in total. The highest BCUT2D eigenvalue weighted by Gasteiger charge is 2.26. The Labute approximate surface area is 181 Å². The van der Waals surface area contributed by atoms with Crippen molar-refractivity contribution in [3.63, 3.8) is 0 Å². The maximum absolute atomic E-state index is 12.8. The fraction of sp³-hybridized carbons (Fsp3) is 0.478. The van der Waals surface area contributed by atoms with Gasteiger partial charge < -0.3 is 19.7 Å². The molecule has 7 heteroatoms. The summed E-state index contributed by atoms with van der Waals surface area (Å²) >= 11 is 1.42. The molecule has 1 saturated heterocycles. The molecule has 2 aromatic rings. The van der Waals surface area contributed by atoms with E-state index in [-0.39, 0.29) is 11.9 Å². The van der Waals surface area contributed by atoms with Crippen molar-refractivity contribution < 1.29 is 19.1 Å². The molecule has 160 valence electrons. The third-order valence-electron chi connectivity index (χ3n) is 5.65. The Morgan fingerprint density at radius 2 is 1.87 bits per heavy atom. The number of carbonyl (C=O) groups excluding carboxylic acids is 2. The minimum absolute atomic E-state index is 0.206. The third kappa shape index (κ3) is 4.84. The maximum atomic E-state index is 12.8. The maximum Gasteiger partial charge on any atom is 0.349 e. The van der Waals surface area contributed by atoms with Crippen molar-refractivity contribution >= 4 is 28.2 Å². The number of benzene rings is 1. The number of esters is 1. The average molecular weight is 429 g/mol. The molecule has 1 N–H and O–H groups in total. The number of ether oxygens (including phenoxy) is 2. The quantitative estimate of drug-likeness (QED) is 0.708. The van der Waals surface area contributed by atoms with Gasteiger partial charge in [-0.25, -0.2) is 4.79 Å². The average Bonchev–Trinajstić information content (AvgIpc) is 3.45. The van der Waals surface area contributed by atoms with E-state index in [9.17, 15) is 9.59 Å². The molecule has 1 saturated carbocycles. The van der Waals surface area contributed by atoms with Gasteiger partial charge in [0.05, 0.1) is 18.2 Å². The molecule has 1 aromatic carbocycles. The van der Waals surface area contributed by atoms with Crippen LogP contribution in [0, 0.1) is 0 Å². The van der Waals surface area contributed by atoms with Crippen LogP contribution in [-0.4, -0.2) is 50.3 Å².